The van der Waals surface area contributed by atoms with Crippen LogP contribution < -0.4 is 5.32 Å². The molecule has 5 nitrogen and oxygen atoms in total. The van der Waals surface area contributed by atoms with Crippen molar-refractivity contribution in [3.8, 4) is 11.3 Å². The van der Waals surface area contributed by atoms with Crippen LogP contribution in [0, 0.1) is 0 Å². The molecule has 0 radical (unpaired) electrons. The Morgan fingerprint density at radius 3 is 2.79 bits per heavy atom. The fourth-order valence-electron chi connectivity index (χ4n) is 1.84. The maximum atomic E-state index is 12.1. The van der Waals surface area contributed by atoms with E-state index in [2.05, 4.69) is 10.4 Å². The zero-order chi connectivity index (χ0) is 13.7. The first-order valence-corrected chi connectivity index (χ1v) is 6.20. The Bertz CT molecular complexity index is 549. The number of carbonyl (C=O) groups excluding carboxylic acids is 1. The highest BCUT2D eigenvalue weighted by Crippen LogP contribution is 2.21. The standard InChI is InChI=1S/C14H17N3O2/c1-17-10-12(14(19)15-8-5-9-18)13(16-17)11-6-3-2-4-7-11/h2-4,6-7,10,18H,5,8-9H2,1H3,(H,15,19). The predicted octanol–water partition coefficient (Wildman–Crippen LogP) is 1.20. The van der Waals surface area contributed by atoms with Crippen LogP contribution in [0.3, 0.4) is 0 Å². The number of benzene rings is 1. The highest BCUT2D eigenvalue weighted by molar-refractivity contribution is 5.99. The summed E-state index contributed by atoms with van der Waals surface area (Å²) in [7, 11) is 1.79. The van der Waals surface area contributed by atoms with Gasteiger partial charge in [-0.15, -0.1) is 0 Å². The first-order chi connectivity index (χ1) is 9.22. The molecule has 2 rings (SSSR count). The largest absolute Gasteiger partial charge is 0.396 e. The number of amides is 1. The summed E-state index contributed by atoms with van der Waals surface area (Å²) in [6.07, 6.45) is 2.25. The zero-order valence-corrected chi connectivity index (χ0v) is 10.8. The van der Waals surface area contributed by atoms with Crippen LogP contribution in [0.1, 0.15) is 16.8 Å². The first-order valence-electron chi connectivity index (χ1n) is 6.20. The monoisotopic (exact) mass is 259 g/mol. The lowest BCUT2D eigenvalue weighted by Crippen LogP contribution is -2.25. The summed E-state index contributed by atoms with van der Waals surface area (Å²) < 4.78 is 1.63. The van der Waals surface area contributed by atoms with Crippen LogP contribution in [0.15, 0.2) is 36.5 Å². The summed E-state index contributed by atoms with van der Waals surface area (Å²) in [6, 6.07) is 9.60. The molecule has 0 saturated heterocycles. The summed E-state index contributed by atoms with van der Waals surface area (Å²) in [4.78, 5) is 12.1. The van der Waals surface area contributed by atoms with Gasteiger partial charge in [-0.3, -0.25) is 9.48 Å². The highest BCUT2D eigenvalue weighted by Gasteiger charge is 2.16. The SMILES string of the molecule is Cn1cc(C(=O)NCCCO)c(-c2ccccc2)n1. The Hall–Kier alpha value is -2.14. The van der Waals surface area contributed by atoms with Gasteiger partial charge in [-0.2, -0.15) is 5.10 Å². The van der Waals surface area contributed by atoms with E-state index in [1.54, 1.807) is 17.9 Å². The zero-order valence-electron chi connectivity index (χ0n) is 10.8. The molecule has 0 bridgehead atoms. The third-order valence-corrected chi connectivity index (χ3v) is 2.74. The maximum Gasteiger partial charge on any atom is 0.255 e. The second kappa shape index (κ2) is 6.15. The van der Waals surface area contributed by atoms with Gasteiger partial charge in [-0.25, -0.2) is 0 Å². The third kappa shape index (κ3) is 3.20. The third-order valence-electron chi connectivity index (χ3n) is 2.74. The van der Waals surface area contributed by atoms with E-state index < -0.39 is 0 Å². The van der Waals surface area contributed by atoms with Gasteiger partial charge in [-0.1, -0.05) is 30.3 Å². The average Bonchev–Trinajstić information content (AvgIpc) is 2.82. The normalized spacial score (nSPS) is 10.4. The van der Waals surface area contributed by atoms with Crippen molar-refractivity contribution in [3.05, 3.63) is 42.1 Å². The lowest BCUT2D eigenvalue weighted by molar-refractivity contribution is 0.0951. The number of aryl methyl sites for hydroxylation is 1. The van der Waals surface area contributed by atoms with E-state index >= 15 is 0 Å². The number of hydrogen-bond donors (Lipinski definition) is 2. The highest BCUT2D eigenvalue weighted by atomic mass is 16.3. The Labute approximate surface area is 111 Å². The molecule has 0 fully saturated rings. The molecule has 0 aliphatic heterocycles. The summed E-state index contributed by atoms with van der Waals surface area (Å²) in [5.74, 6) is -0.166. The smallest absolute Gasteiger partial charge is 0.255 e. The molecule has 5 heteroatoms. The van der Waals surface area contributed by atoms with Gasteiger partial charge in [0.05, 0.1) is 5.56 Å². The van der Waals surface area contributed by atoms with E-state index in [-0.39, 0.29) is 12.5 Å². The van der Waals surface area contributed by atoms with Gasteiger partial charge in [0.25, 0.3) is 5.91 Å². The lowest BCUT2D eigenvalue weighted by Gasteiger charge is -2.04. The van der Waals surface area contributed by atoms with Crippen molar-refractivity contribution in [2.24, 2.45) is 7.05 Å². The second-order valence-electron chi connectivity index (χ2n) is 4.26. The molecule has 0 unspecified atom stereocenters. The molecule has 0 spiro atoms. The van der Waals surface area contributed by atoms with Crippen molar-refractivity contribution in [3.63, 3.8) is 0 Å². The molecule has 0 atom stereocenters. The topological polar surface area (TPSA) is 67.2 Å². The van der Waals surface area contributed by atoms with E-state index in [1.165, 1.54) is 0 Å². The number of nitrogens with zero attached hydrogens (tertiary/aromatic N) is 2. The molecule has 2 N–H and O–H groups in total. The molecular weight excluding hydrogens is 242 g/mol. The Kier molecular flexibility index (Phi) is 4.30. The minimum atomic E-state index is -0.166. The summed E-state index contributed by atoms with van der Waals surface area (Å²) in [5.41, 5.74) is 2.13. The molecule has 1 aromatic heterocycles. The lowest BCUT2D eigenvalue weighted by atomic mass is 10.1. The molecule has 0 aliphatic rings. The van der Waals surface area contributed by atoms with Crippen LogP contribution in [0.5, 0.6) is 0 Å². The van der Waals surface area contributed by atoms with E-state index in [0.717, 1.165) is 5.56 Å². The van der Waals surface area contributed by atoms with Crippen molar-refractivity contribution in [1.29, 1.82) is 0 Å². The van der Waals surface area contributed by atoms with Crippen LogP contribution in [0.2, 0.25) is 0 Å². The van der Waals surface area contributed by atoms with E-state index in [1.807, 2.05) is 30.3 Å². The van der Waals surface area contributed by atoms with Gasteiger partial charge in [0.15, 0.2) is 0 Å². The Balaban J connectivity index is 2.24. The molecule has 1 heterocycles. The number of aliphatic hydroxyl groups is 1. The Morgan fingerprint density at radius 2 is 2.11 bits per heavy atom. The minimum Gasteiger partial charge on any atom is -0.396 e. The number of aromatic nitrogens is 2. The summed E-state index contributed by atoms with van der Waals surface area (Å²) >= 11 is 0. The van der Waals surface area contributed by atoms with Crippen LogP contribution in [0.4, 0.5) is 0 Å². The van der Waals surface area contributed by atoms with E-state index in [4.69, 9.17) is 5.11 Å². The van der Waals surface area contributed by atoms with Crippen LogP contribution >= 0.6 is 0 Å². The minimum absolute atomic E-state index is 0.0683. The summed E-state index contributed by atoms with van der Waals surface area (Å²) in [6.45, 7) is 0.525. The van der Waals surface area contributed by atoms with Gasteiger partial charge >= 0.3 is 0 Å². The van der Waals surface area contributed by atoms with Crippen LogP contribution in [-0.4, -0.2) is 33.9 Å². The molecule has 2 aromatic rings. The number of carbonyl (C=O) groups is 1. The summed E-state index contributed by atoms with van der Waals surface area (Å²) in [5, 5.41) is 15.8. The molecular formula is C14H17N3O2. The van der Waals surface area contributed by atoms with Crippen LogP contribution in [0.25, 0.3) is 11.3 Å². The molecule has 1 aromatic carbocycles. The average molecular weight is 259 g/mol. The number of aliphatic hydroxyl groups excluding tert-OH is 1. The molecule has 0 aliphatic carbocycles. The van der Waals surface area contributed by atoms with Crippen molar-refractivity contribution >= 4 is 5.91 Å². The molecule has 0 saturated carbocycles. The second-order valence-corrected chi connectivity index (χ2v) is 4.26. The van der Waals surface area contributed by atoms with Gasteiger partial charge in [0.2, 0.25) is 0 Å². The fraction of sp³-hybridized carbons (Fsp3) is 0.286. The fourth-order valence-corrected chi connectivity index (χ4v) is 1.84. The van der Waals surface area contributed by atoms with Gasteiger partial charge in [-0.05, 0) is 6.42 Å². The van der Waals surface area contributed by atoms with E-state index in [0.29, 0.717) is 24.2 Å². The van der Waals surface area contributed by atoms with Crippen molar-refractivity contribution in [2.45, 2.75) is 6.42 Å². The van der Waals surface area contributed by atoms with Crippen molar-refractivity contribution in [1.82, 2.24) is 15.1 Å². The Morgan fingerprint density at radius 1 is 1.37 bits per heavy atom. The van der Waals surface area contributed by atoms with Crippen molar-refractivity contribution < 1.29 is 9.90 Å². The van der Waals surface area contributed by atoms with Crippen molar-refractivity contribution in [2.75, 3.05) is 13.2 Å². The van der Waals surface area contributed by atoms with Gasteiger partial charge < -0.3 is 10.4 Å². The van der Waals surface area contributed by atoms with Crippen LogP contribution in [-0.2, 0) is 7.05 Å². The first kappa shape index (κ1) is 13.3. The number of hydrogen-bond acceptors (Lipinski definition) is 3. The maximum absolute atomic E-state index is 12.1. The predicted molar refractivity (Wildman–Crippen MR) is 72.7 cm³/mol. The van der Waals surface area contributed by atoms with Gasteiger partial charge in [0, 0.05) is 32.0 Å². The number of rotatable bonds is 5. The number of nitrogens with one attached hydrogen (secondary N) is 1. The quantitative estimate of drug-likeness (QED) is 0.793. The van der Waals surface area contributed by atoms with Gasteiger partial charge in [0.1, 0.15) is 5.69 Å². The molecule has 100 valence electrons. The molecule has 1 amide bonds. The van der Waals surface area contributed by atoms with E-state index in [9.17, 15) is 4.79 Å². The molecule has 19 heavy (non-hydrogen) atoms.